The summed E-state index contributed by atoms with van der Waals surface area (Å²) in [6.45, 7) is 1.66. The Hall–Kier alpha value is -0.600. The number of amidine groups is 1. The Kier molecular flexibility index (Phi) is 3.33. The van der Waals surface area contributed by atoms with Gasteiger partial charge < -0.3 is 4.90 Å². The van der Waals surface area contributed by atoms with Gasteiger partial charge in [0.15, 0.2) is 0 Å². The Morgan fingerprint density at radius 3 is 2.82 bits per heavy atom. The summed E-state index contributed by atoms with van der Waals surface area (Å²) in [6.07, 6.45) is 3.55. The number of hydrogen-bond donors (Lipinski definition) is 1. The average molecular weight is 158 g/mol. The van der Waals surface area contributed by atoms with Crippen LogP contribution in [0, 0.1) is 5.41 Å². The van der Waals surface area contributed by atoms with Gasteiger partial charge in [-0.1, -0.05) is 0 Å². The van der Waals surface area contributed by atoms with Crippen LogP contribution in [0.5, 0.6) is 0 Å². The summed E-state index contributed by atoms with van der Waals surface area (Å²) in [4.78, 5) is 2.05. The van der Waals surface area contributed by atoms with Crippen molar-refractivity contribution >= 4 is 5.84 Å². The maximum atomic E-state index is 11.7. The summed E-state index contributed by atoms with van der Waals surface area (Å²) in [5.41, 5.74) is 0. The Labute approximate surface area is 66.9 Å². The van der Waals surface area contributed by atoms with Crippen LogP contribution in [0.15, 0.2) is 0 Å². The van der Waals surface area contributed by atoms with Crippen molar-refractivity contribution in [2.45, 2.75) is 25.7 Å². The fourth-order valence-electron chi connectivity index (χ4n) is 1.37. The van der Waals surface area contributed by atoms with Crippen molar-refractivity contribution in [2.75, 3.05) is 19.8 Å². The standard InChI is InChI=1S/C8H15FN2/c9-5-1-2-6-11-7-3-4-8(11)10/h10H,1-7H2. The number of alkyl halides is 1. The highest BCUT2D eigenvalue weighted by Crippen LogP contribution is 2.10. The molecule has 0 spiro atoms. The third-order valence-corrected chi connectivity index (χ3v) is 2.03. The average Bonchev–Trinajstić information content (AvgIpc) is 2.37. The highest BCUT2D eigenvalue weighted by molar-refractivity contribution is 5.80. The van der Waals surface area contributed by atoms with Gasteiger partial charge in [-0.3, -0.25) is 9.80 Å². The number of unbranched alkanes of at least 4 members (excludes halogenated alkanes) is 1. The lowest BCUT2D eigenvalue weighted by molar-refractivity contribution is 0.399. The van der Waals surface area contributed by atoms with Crippen LogP contribution in [0.4, 0.5) is 4.39 Å². The molecule has 0 saturated carbocycles. The number of hydrogen-bond acceptors (Lipinski definition) is 1. The van der Waals surface area contributed by atoms with Gasteiger partial charge in [-0.25, -0.2) is 0 Å². The molecule has 64 valence electrons. The molecule has 0 aliphatic carbocycles. The summed E-state index contributed by atoms with van der Waals surface area (Å²) in [7, 11) is 0. The molecule has 1 saturated heterocycles. The van der Waals surface area contributed by atoms with Gasteiger partial charge in [-0.05, 0) is 19.3 Å². The van der Waals surface area contributed by atoms with E-state index in [2.05, 4.69) is 4.90 Å². The zero-order valence-electron chi connectivity index (χ0n) is 6.77. The van der Waals surface area contributed by atoms with Crippen molar-refractivity contribution in [1.29, 1.82) is 5.41 Å². The van der Waals surface area contributed by atoms with Crippen LogP contribution in [0.25, 0.3) is 0 Å². The quantitative estimate of drug-likeness (QED) is 0.621. The minimum atomic E-state index is -0.221. The first-order valence-electron chi connectivity index (χ1n) is 4.23. The Balaban J connectivity index is 2.10. The number of likely N-dealkylation sites (tertiary alicyclic amines) is 1. The molecule has 1 heterocycles. The van der Waals surface area contributed by atoms with E-state index >= 15 is 0 Å². The number of halogens is 1. The van der Waals surface area contributed by atoms with E-state index in [0.29, 0.717) is 6.42 Å². The molecule has 0 radical (unpaired) electrons. The van der Waals surface area contributed by atoms with E-state index < -0.39 is 0 Å². The Morgan fingerprint density at radius 1 is 1.45 bits per heavy atom. The molecule has 1 aliphatic heterocycles. The van der Waals surface area contributed by atoms with Crippen LogP contribution in [0.1, 0.15) is 25.7 Å². The van der Waals surface area contributed by atoms with E-state index in [1.807, 2.05) is 0 Å². The first kappa shape index (κ1) is 8.50. The van der Waals surface area contributed by atoms with E-state index in [4.69, 9.17) is 5.41 Å². The highest BCUT2D eigenvalue weighted by atomic mass is 19.1. The lowest BCUT2D eigenvalue weighted by Gasteiger charge is -2.16. The van der Waals surface area contributed by atoms with Gasteiger partial charge in [0.25, 0.3) is 0 Å². The van der Waals surface area contributed by atoms with Crippen molar-refractivity contribution in [1.82, 2.24) is 4.90 Å². The highest BCUT2D eigenvalue weighted by Gasteiger charge is 2.15. The van der Waals surface area contributed by atoms with Crippen molar-refractivity contribution in [3.8, 4) is 0 Å². The molecule has 0 aromatic heterocycles. The molecule has 1 rings (SSSR count). The summed E-state index contributed by atoms with van der Waals surface area (Å²) in [6, 6.07) is 0. The molecule has 1 aliphatic rings. The Morgan fingerprint density at radius 2 is 2.27 bits per heavy atom. The predicted octanol–water partition coefficient (Wildman–Crippen LogP) is 1.81. The molecule has 3 heteroatoms. The molecule has 0 unspecified atom stereocenters. The van der Waals surface area contributed by atoms with Gasteiger partial charge in [-0.2, -0.15) is 0 Å². The van der Waals surface area contributed by atoms with Gasteiger partial charge in [-0.15, -0.1) is 0 Å². The first-order valence-corrected chi connectivity index (χ1v) is 4.23. The lowest BCUT2D eigenvalue weighted by atomic mass is 10.3. The monoisotopic (exact) mass is 158 g/mol. The number of nitrogens with one attached hydrogen (secondary N) is 1. The number of nitrogens with zero attached hydrogens (tertiary/aromatic N) is 1. The van der Waals surface area contributed by atoms with Crippen LogP contribution in [-0.2, 0) is 0 Å². The van der Waals surface area contributed by atoms with Crippen molar-refractivity contribution in [2.24, 2.45) is 0 Å². The molecule has 0 atom stereocenters. The summed E-state index contributed by atoms with van der Waals surface area (Å²) in [5, 5.41) is 7.47. The van der Waals surface area contributed by atoms with Gasteiger partial charge in [0, 0.05) is 19.5 Å². The predicted molar refractivity (Wildman–Crippen MR) is 43.7 cm³/mol. The second-order valence-electron chi connectivity index (χ2n) is 2.93. The zero-order valence-corrected chi connectivity index (χ0v) is 6.77. The molecule has 0 aromatic carbocycles. The van der Waals surface area contributed by atoms with Crippen LogP contribution in [-0.4, -0.2) is 30.5 Å². The molecule has 0 amide bonds. The van der Waals surface area contributed by atoms with E-state index in [9.17, 15) is 4.39 Å². The van der Waals surface area contributed by atoms with E-state index in [1.165, 1.54) is 0 Å². The van der Waals surface area contributed by atoms with Crippen molar-refractivity contribution < 1.29 is 4.39 Å². The topological polar surface area (TPSA) is 27.1 Å². The zero-order chi connectivity index (χ0) is 8.10. The van der Waals surface area contributed by atoms with Gasteiger partial charge in [0.05, 0.1) is 12.5 Å². The van der Waals surface area contributed by atoms with Crippen molar-refractivity contribution in [3.63, 3.8) is 0 Å². The Bertz CT molecular complexity index is 136. The van der Waals surface area contributed by atoms with Gasteiger partial charge in [0.1, 0.15) is 0 Å². The number of rotatable bonds is 4. The molecule has 1 fully saturated rings. The fraction of sp³-hybridized carbons (Fsp3) is 0.875. The largest absolute Gasteiger partial charge is 0.361 e. The second-order valence-corrected chi connectivity index (χ2v) is 2.93. The van der Waals surface area contributed by atoms with Gasteiger partial charge >= 0.3 is 0 Å². The normalized spacial score (nSPS) is 17.9. The van der Waals surface area contributed by atoms with E-state index in [0.717, 1.165) is 38.2 Å². The lowest BCUT2D eigenvalue weighted by Crippen LogP contribution is -2.25. The molecular weight excluding hydrogens is 143 g/mol. The SMILES string of the molecule is N=C1CCCN1CCCCF. The molecule has 1 N–H and O–H groups in total. The third kappa shape index (κ3) is 2.48. The minimum absolute atomic E-state index is 0.221. The summed E-state index contributed by atoms with van der Waals surface area (Å²) >= 11 is 0. The summed E-state index contributed by atoms with van der Waals surface area (Å²) < 4.78 is 11.7. The summed E-state index contributed by atoms with van der Waals surface area (Å²) in [5.74, 6) is 0.740. The first-order chi connectivity index (χ1) is 5.34. The molecule has 11 heavy (non-hydrogen) atoms. The smallest absolute Gasteiger partial charge is 0.0958 e. The minimum Gasteiger partial charge on any atom is -0.361 e. The molecule has 2 nitrogen and oxygen atoms in total. The van der Waals surface area contributed by atoms with Crippen LogP contribution in [0.2, 0.25) is 0 Å². The van der Waals surface area contributed by atoms with E-state index in [1.54, 1.807) is 0 Å². The molecular formula is C8H15FN2. The third-order valence-electron chi connectivity index (χ3n) is 2.03. The maximum Gasteiger partial charge on any atom is 0.0958 e. The maximum absolute atomic E-state index is 11.7. The van der Waals surface area contributed by atoms with Gasteiger partial charge in [0.2, 0.25) is 0 Å². The van der Waals surface area contributed by atoms with Crippen LogP contribution in [0.3, 0.4) is 0 Å². The molecule has 0 bridgehead atoms. The fourth-order valence-corrected chi connectivity index (χ4v) is 1.37. The van der Waals surface area contributed by atoms with Crippen LogP contribution >= 0.6 is 0 Å². The van der Waals surface area contributed by atoms with Crippen LogP contribution < -0.4 is 0 Å². The second kappa shape index (κ2) is 4.31. The van der Waals surface area contributed by atoms with Crippen molar-refractivity contribution in [3.05, 3.63) is 0 Å². The van der Waals surface area contributed by atoms with E-state index in [-0.39, 0.29) is 6.67 Å². The molecule has 0 aromatic rings.